The van der Waals surface area contributed by atoms with Crippen LogP contribution in [0.1, 0.15) is 38.8 Å². The third kappa shape index (κ3) is 5.07. The normalized spacial score (nSPS) is 12.7. The van der Waals surface area contributed by atoms with Gasteiger partial charge < -0.3 is 14.8 Å². The molecule has 1 aromatic carbocycles. The van der Waals surface area contributed by atoms with Gasteiger partial charge in [-0.05, 0) is 45.0 Å². The highest BCUT2D eigenvalue weighted by molar-refractivity contribution is 5.29. The predicted octanol–water partition coefficient (Wildman–Crippen LogP) is 3.16. The van der Waals surface area contributed by atoms with Gasteiger partial charge in [-0.25, -0.2) is 0 Å². The Kier molecular flexibility index (Phi) is 6.76. The molecule has 3 nitrogen and oxygen atoms in total. The van der Waals surface area contributed by atoms with Crippen LogP contribution in [0.25, 0.3) is 0 Å². The first kappa shape index (κ1) is 15.0. The Morgan fingerprint density at radius 1 is 1.11 bits per heavy atom. The molecular formula is C15H25NO2. The fourth-order valence-corrected chi connectivity index (χ4v) is 1.85. The molecule has 102 valence electrons. The smallest absolute Gasteiger partial charge is 0.119 e. The molecule has 1 rings (SSSR count). The van der Waals surface area contributed by atoms with E-state index in [1.54, 1.807) is 0 Å². The molecule has 1 N–H and O–H groups in total. The predicted molar refractivity (Wildman–Crippen MR) is 75.1 cm³/mol. The lowest BCUT2D eigenvalue weighted by Gasteiger charge is -2.15. The van der Waals surface area contributed by atoms with Gasteiger partial charge in [-0.15, -0.1) is 0 Å². The summed E-state index contributed by atoms with van der Waals surface area (Å²) in [5.41, 5.74) is 1.30. The molecule has 3 heteroatoms. The first-order valence-electron chi connectivity index (χ1n) is 6.69. The van der Waals surface area contributed by atoms with E-state index < -0.39 is 0 Å². The van der Waals surface area contributed by atoms with Crippen molar-refractivity contribution in [2.24, 2.45) is 0 Å². The van der Waals surface area contributed by atoms with Crippen molar-refractivity contribution in [3.63, 3.8) is 0 Å². The van der Waals surface area contributed by atoms with Gasteiger partial charge in [0.2, 0.25) is 0 Å². The van der Waals surface area contributed by atoms with E-state index in [-0.39, 0.29) is 6.10 Å². The number of hydrogen-bond acceptors (Lipinski definition) is 3. The highest BCUT2D eigenvalue weighted by Crippen LogP contribution is 2.19. The Labute approximate surface area is 110 Å². The molecule has 0 saturated carbocycles. The largest absolute Gasteiger partial charge is 0.491 e. The van der Waals surface area contributed by atoms with Crippen molar-refractivity contribution in [3.05, 3.63) is 29.8 Å². The molecule has 0 saturated heterocycles. The first-order valence-corrected chi connectivity index (χ1v) is 6.69. The van der Waals surface area contributed by atoms with Crippen molar-refractivity contribution in [3.8, 4) is 5.75 Å². The van der Waals surface area contributed by atoms with Gasteiger partial charge in [-0.2, -0.15) is 0 Å². The van der Waals surface area contributed by atoms with Gasteiger partial charge in [0, 0.05) is 6.04 Å². The maximum atomic E-state index is 5.61. The Hall–Kier alpha value is -1.06. The van der Waals surface area contributed by atoms with Crippen LogP contribution in [0.5, 0.6) is 5.75 Å². The monoisotopic (exact) mass is 251 g/mol. The minimum Gasteiger partial charge on any atom is -0.491 e. The van der Waals surface area contributed by atoms with Crippen molar-refractivity contribution in [1.29, 1.82) is 0 Å². The van der Waals surface area contributed by atoms with E-state index >= 15 is 0 Å². The summed E-state index contributed by atoms with van der Waals surface area (Å²) in [7, 11) is 1.99. The van der Waals surface area contributed by atoms with Crippen LogP contribution in [0.15, 0.2) is 24.3 Å². The molecule has 0 aliphatic rings. The van der Waals surface area contributed by atoms with Crippen molar-refractivity contribution in [2.75, 3.05) is 20.3 Å². The number of nitrogens with one attached hydrogen (secondary N) is 1. The van der Waals surface area contributed by atoms with E-state index in [2.05, 4.69) is 24.4 Å². The highest BCUT2D eigenvalue weighted by Gasteiger charge is 2.05. The van der Waals surface area contributed by atoms with Crippen molar-refractivity contribution in [2.45, 2.75) is 39.3 Å². The lowest BCUT2D eigenvalue weighted by molar-refractivity contribution is 0.0552. The Balaban J connectivity index is 2.40. The quantitative estimate of drug-likeness (QED) is 0.720. The molecule has 0 aliphatic carbocycles. The first-order chi connectivity index (χ1) is 8.67. The van der Waals surface area contributed by atoms with Gasteiger partial charge in [-0.3, -0.25) is 0 Å². The van der Waals surface area contributed by atoms with Crippen LogP contribution >= 0.6 is 0 Å². The molecule has 18 heavy (non-hydrogen) atoms. The average Bonchev–Trinajstić information content (AvgIpc) is 2.37. The topological polar surface area (TPSA) is 30.5 Å². The van der Waals surface area contributed by atoms with E-state index in [4.69, 9.17) is 9.47 Å². The van der Waals surface area contributed by atoms with Crippen molar-refractivity contribution in [1.82, 2.24) is 5.32 Å². The van der Waals surface area contributed by atoms with Gasteiger partial charge >= 0.3 is 0 Å². The number of rotatable bonds is 8. The van der Waals surface area contributed by atoms with E-state index in [9.17, 15) is 0 Å². The van der Waals surface area contributed by atoms with E-state index in [1.807, 2.05) is 33.0 Å². The summed E-state index contributed by atoms with van der Waals surface area (Å²) in [6.07, 6.45) is 1.34. The molecule has 0 aliphatic heterocycles. The molecule has 0 radical (unpaired) electrons. The third-order valence-electron chi connectivity index (χ3n) is 2.84. The molecule has 0 amide bonds. The zero-order valence-corrected chi connectivity index (χ0v) is 11.9. The second kappa shape index (κ2) is 8.11. The van der Waals surface area contributed by atoms with Gasteiger partial charge in [0.1, 0.15) is 12.4 Å². The second-order valence-corrected chi connectivity index (χ2v) is 4.59. The molecule has 0 bridgehead atoms. The van der Waals surface area contributed by atoms with Crippen LogP contribution in [0.4, 0.5) is 0 Å². The summed E-state index contributed by atoms with van der Waals surface area (Å²) in [6.45, 7) is 7.46. The fraction of sp³-hybridized carbons (Fsp3) is 0.600. The molecule has 0 aromatic heterocycles. The third-order valence-corrected chi connectivity index (χ3v) is 2.84. The zero-order chi connectivity index (χ0) is 13.4. The van der Waals surface area contributed by atoms with Gasteiger partial charge in [0.05, 0.1) is 12.7 Å². The molecule has 1 unspecified atom stereocenters. The summed E-state index contributed by atoms with van der Waals surface area (Å²) in [4.78, 5) is 0. The molecule has 0 spiro atoms. The Bertz CT molecular complexity index is 318. The molecule has 1 atom stereocenters. The summed E-state index contributed by atoms with van der Waals surface area (Å²) in [5.74, 6) is 0.900. The number of benzene rings is 1. The average molecular weight is 251 g/mol. The van der Waals surface area contributed by atoms with Gasteiger partial charge in [0.15, 0.2) is 0 Å². The number of ether oxygens (including phenoxy) is 2. The minimum atomic E-state index is 0.261. The second-order valence-electron chi connectivity index (χ2n) is 4.59. The highest BCUT2D eigenvalue weighted by atomic mass is 16.5. The maximum absolute atomic E-state index is 5.61. The van der Waals surface area contributed by atoms with E-state index in [0.717, 1.165) is 12.2 Å². The molecule has 1 aromatic rings. The van der Waals surface area contributed by atoms with Crippen LogP contribution in [0.3, 0.4) is 0 Å². The Morgan fingerprint density at radius 2 is 1.78 bits per heavy atom. The van der Waals surface area contributed by atoms with Gasteiger partial charge in [-0.1, -0.05) is 19.1 Å². The summed E-state index contributed by atoms with van der Waals surface area (Å²) in [6, 6.07) is 8.69. The van der Waals surface area contributed by atoms with Crippen molar-refractivity contribution >= 4 is 0 Å². The number of hydrogen-bond donors (Lipinski definition) is 1. The standard InChI is InChI=1S/C15H25NO2/c1-5-15(16-4)13-6-8-14(9-7-13)18-11-10-17-12(2)3/h6-9,12,15-16H,5,10-11H2,1-4H3. The molecule has 0 fully saturated rings. The maximum Gasteiger partial charge on any atom is 0.119 e. The summed E-state index contributed by atoms with van der Waals surface area (Å²) >= 11 is 0. The van der Waals surface area contributed by atoms with Crippen LogP contribution in [0, 0.1) is 0 Å². The van der Waals surface area contributed by atoms with E-state index in [1.165, 1.54) is 5.56 Å². The van der Waals surface area contributed by atoms with E-state index in [0.29, 0.717) is 19.3 Å². The molecular weight excluding hydrogens is 226 g/mol. The lowest BCUT2D eigenvalue weighted by Crippen LogP contribution is -2.15. The van der Waals surface area contributed by atoms with Gasteiger partial charge in [0.25, 0.3) is 0 Å². The molecule has 0 heterocycles. The summed E-state index contributed by atoms with van der Waals surface area (Å²) in [5, 5.41) is 3.29. The van der Waals surface area contributed by atoms with Crippen LogP contribution < -0.4 is 10.1 Å². The SMILES string of the molecule is CCC(NC)c1ccc(OCCOC(C)C)cc1. The van der Waals surface area contributed by atoms with Crippen molar-refractivity contribution < 1.29 is 9.47 Å². The minimum absolute atomic E-state index is 0.261. The van der Waals surface area contributed by atoms with Crippen LogP contribution in [-0.2, 0) is 4.74 Å². The lowest BCUT2D eigenvalue weighted by atomic mass is 10.1. The fourth-order valence-electron chi connectivity index (χ4n) is 1.85. The zero-order valence-electron chi connectivity index (χ0n) is 11.9. The summed E-state index contributed by atoms with van der Waals surface area (Å²) < 4.78 is 11.0. The van der Waals surface area contributed by atoms with Crippen LogP contribution in [0.2, 0.25) is 0 Å². The Morgan fingerprint density at radius 3 is 2.28 bits per heavy atom. The van der Waals surface area contributed by atoms with Crippen LogP contribution in [-0.4, -0.2) is 26.4 Å².